The van der Waals surface area contributed by atoms with Crippen molar-refractivity contribution in [2.45, 2.75) is 26.3 Å². The van der Waals surface area contributed by atoms with Crippen LogP contribution >= 0.6 is 0 Å². The van der Waals surface area contributed by atoms with Crippen molar-refractivity contribution < 1.29 is 17.9 Å². The van der Waals surface area contributed by atoms with E-state index >= 15 is 0 Å². The molecule has 1 aliphatic heterocycles. The van der Waals surface area contributed by atoms with Crippen LogP contribution in [0.1, 0.15) is 31.9 Å². The molecule has 118 valence electrons. The maximum absolute atomic E-state index is 11.6. The highest BCUT2D eigenvalue weighted by atomic mass is 32.2. The van der Waals surface area contributed by atoms with Gasteiger partial charge in [0.05, 0.1) is 17.5 Å². The van der Waals surface area contributed by atoms with E-state index in [0.717, 1.165) is 17.9 Å². The lowest BCUT2D eigenvalue weighted by molar-refractivity contribution is 0.309. The maximum atomic E-state index is 11.6. The molecule has 21 heavy (non-hydrogen) atoms. The molecule has 5 nitrogen and oxygen atoms in total. The fourth-order valence-electron chi connectivity index (χ4n) is 2.40. The number of rotatable bonds is 8. The van der Waals surface area contributed by atoms with E-state index in [-0.39, 0.29) is 24.2 Å². The molecule has 1 heterocycles. The number of hydrogen-bond donors (Lipinski definition) is 1. The van der Waals surface area contributed by atoms with E-state index < -0.39 is 9.84 Å². The predicted molar refractivity (Wildman–Crippen MR) is 82.8 cm³/mol. The van der Waals surface area contributed by atoms with Crippen molar-refractivity contribution in [2.75, 3.05) is 31.3 Å². The molecular weight excluding hydrogens is 290 g/mol. The quantitative estimate of drug-likeness (QED) is 0.794. The molecular formula is C15H23NO4S. The molecule has 1 atom stereocenters. The van der Waals surface area contributed by atoms with Gasteiger partial charge in [-0.3, -0.25) is 0 Å². The average molecular weight is 313 g/mol. The first-order valence-corrected chi connectivity index (χ1v) is 9.21. The van der Waals surface area contributed by atoms with Gasteiger partial charge in [0, 0.05) is 11.6 Å². The molecule has 0 spiro atoms. The minimum Gasteiger partial charge on any atom is -0.492 e. The Bertz CT molecular complexity index is 571. The summed E-state index contributed by atoms with van der Waals surface area (Å²) in [6, 6.07) is 5.90. The second-order valence-corrected chi connectivity index (χ2v) is 7.42. The molecule has 0 bridgehead atoms. The molecule has 0 radical (unpaired) electrons. The summed E-state index contributed by atoms with van der Waals surface area (Å²) < 4.78 is 34.4. The molecule has 1 aliphatic rings. The Balaban J connectivity index is 1.92. The number of likely N-dealkylation sites (N-methyl/N-ethyl adjacent to an activating group) is 1. The molecule has 1 N–H and O–H groups in total. The van der Waals surface area contributed by atoms with Crippen LogP contribution in [0.25, 0.3) is 0 Å². The predicted octanol–water partition coefficient (Wildman–Crippen LogP) is 1.93. The maximum Gasteiger partial charge on any atom is 0.153 e. The van der Waals surface area contributed by atoms with Crippen LogP contribution < -0.4 is 14.8 Å². The largest absolute Gasteiger partial charge is 0.492 e. The highest BCUT2D eigenvalue weighted by Gasteiger charge is 2.23. The van der Waals surface area contributed by atoms with E-state index in [0.29, 0.717) is 18.8 Å². The van der Waals surface area contributed by atoms with Gasteiger partial charge in [0.2, 0.25) is 0 Å². The number of ether oxygens (including phenoxy) is 2. The van der Waals surface area contributed by atoms with E-state index in [1.165, 1.54) is 0 Å². The number of benzene rings is 1. The molecule has 1 unspecified atom stereocenters. The lowest BCUT2D eigenvalue weighted by atomic mass is 10.1. The number of sulfone groups is 1. The zero-order valence-corrected chi connectivity index (χ0v) is 13.4. The van der Waals surface area contributed by atoms with Crippen molar-refractivity contribution in [3.05, 3.63) is 23.8 Å². The molecule has 1 aromatic rings. The van der Waals surface area contributed by atoms with E-state index in [2.05, 4.69) is 12.2 Å². The van der Waals surface area contributed by atoms with Crippen LogP contribution in [0, 0.1) is 0 Å². The molecule has 0 saturated carbocycles. The third-order valence-corrected chi connectivity index (χ3v) is 5.21. The van der Waals surface area contributed by atoms with Gasteiger partial charge in [0.25, 0.3) is 0 Å². The van der Waals surface area contributed by atoms with Crippen LogP contribution in [0.3, 0.4) is 0 Å². The van der Waals surface area contributed by atoms with Crippen LogP contribution in [0.4, 0.5) is 0 Å². The van der Waals surface area contributed by atoms with Gasteiger partial charge in [-0.15, -0.1) is 0 Å². The van der Waals surface area contributed by atoms with Gasteiger partial charge in [-0.25, -0.2) is 8.42 Å². The summed E-state index contributed by atoms with van der Waals surface area (Å²) in [6.07, 6.45) is 0.640. The van der Waals surface area contributed by atoms with Crippen LogP contribution in [0.5, 0.6) is 11.5 Å². The fourth-order valence-corrected chi connectivity index (χ4v) is 3.56. The van der Waals surface area contributed by atoms with Crippen molar-refractivity contribution in [3.8, 4) is 11.5 Å². The number of hydrogen-bond acceptors (Lipinski definition) is 5. The van der Waals surface area contributed by atoms with Crippen molar-refractivity contribution >= 4 is 9.84 Å². The molecule has 2 rings (SSSR count). The first kappa shape index (κ1) is 16.1. The zero-order chi connectivity index (χ0) is 15.3. The van der Waals surface area contributed by atoms with E-state index in [1.54, 1.807) is 0 Å². The average Bonchev–Trinajstić information content (AvgIpc) is 2.81. The van der Waals surface area contributed by atoms with Gasteiger partial charge in [-0.05, 0) is 25.1 Å². The van der Waals surface area contributed by atoms with Gasteiger partial charge in [0.15, 0.2) is 9.84 Å². The Morgan fingerprint density at radius 3 is 2.86 bits per heavy atom. The van der Waals surface area contributed by atoms with Gasteiger partial charge in [-0.1, -0.05) is 13.8 Å². The molecule has 6 heteroatoms. The summed E-state index contributed by atoms with van der Waals surface area (Å²) >= 11 is 0. The molecule has 0 amide bonds. The van der Waals surface area contributed by atoms with Crippen LogP contribution in [0.15, 0.2) is 18.2 Å². The molecule has 1 aromatic carbocycles. The first-order chi connectivity index (χ1) is 10.1. The highest BCUT2D eigenvalue weighted by molar-refractivity contribution is 7.91. The van der Waals surface area contributed by atoms with E-state index in [4.69, 9.17) is 9.47 Å². The minimum absolute atomic E-state index is 0.0544. The van der Waals surface area contributed by atoms with Crippen molar-refractivity contribution in [1.29, 1.82) is 0 Å². The Kier molecular flexibility index (Phi) is 5.47. The summed E-state index contributed by atoms with van der Waals surface area (Å²) in [4.78, 5) is 0. The van der Waals surface area contributed by atoms with E-state index in [1.807, 2.05) is 25.1 Å². The van der Waals surface area contributed by atoms with Gasteiger partial charge >= 0.3 is 0 Å². The third kappa shape index (κ3) is 4.35. The Morgan fingerprint density at radius 1 is 1.33 bits per heavy atom. The van der Waals surface area contributed by atoms with Crippen molar-refractivity contribution in [3.63, 3.8) is 0 Å². The second-order valence-electron chi connectivity index (χ2n) is 5.12. The zero-order valence-electron chi connectivity index (χ0n) is 12.6. The highest BCUT2D eigenvalue weighted by Crippen LogP contribution is 2.35. The smallest absolute Gasteiger partial charge is 0.153 e. The normalized spacial score (nSPS) is 17.3. The lowest BCUT2D eigenvalue weighted by Gasteiger charge is -2.10. The van der Waals surface area contributed by atoms with E-state index in [9.17, 15) is 8.42 Å². The van der Waals surface area contributed by atoms with Crippen LogP contribution in [-0.4, -0.2) is 39.7 Å². The summed E-state index contributed by atoms with van der Waals surface area (Å²) in [5.41, 5.74) is 1.13. The topological polar surface area (TPSA) is 64.6 Å². The standard InChI is InChI=1S/C15H23NO4S/c1-3-8-21(17,18)9-7-19-12-5-6-13-14(16-4-2)11-20-15(13)10-12/h5-6,10,14,16H,3-4,7-9,11H2,1-2H3. The second kappa shape index (κ2) is 7.13. The number of nitrogens with one attached hydrogen (secondary N) is 1. The van der Waals surface area contributed by atoms with Crippen LogP contribution in [0.2, 0.25) is 0 Å². The summed E-state index contributed by atoms with van der Waals surface area (Å²) in [7, 11) is -3.00. The molecule has 0 aliphatic carbocycles. The first-order valence-electron chi connectivity index (χ1n) is 7.39. The van der Waals surface area contributed by atoms with Gasteiger partial charge in [0.1, 0.15) is 24.7 Å². The van der Waals surface area contributed by atoms with Gasteiger partial charge in [-0.2, -0.15) is 0 Å². The third-order valence-electron chi connectivity index (χ3n) is 3.39. The monoisotopic (exact) mass is 313 g/mol. The van der Waals surface area contributed by atoms with Crippen molar-refractivity contribution in [1.82, 2.24) is 5.32 Å². The number of fused-ring (bicyclic) bond motifs is 1. The summed E-state index contributed by atoms with van der Waals surface area (Å²) in [6.45, 7) is 5.61. The van der Waals surface area contributed by atoms with Crippen molar-refractivity contribution in [2.24, 2.45) is 0 Å². The van der Waals surface area contributed by atoms with Gasteiger partial charge < -0.3 is 14.8 Å². The SMILES string of the molecule is CCCS(=O)(=O)CCOc1ccc2c(c1)OCC2NCC. The minimum atomic E-state index is -3.00. The molecule has 0 aromatic heterocycles. The molecule has 0 saturated heterocycles. The Morgan fingerprint density at radius 2 is 2.14 bits per heavy atom. The Hall–Kier alpha value is -1.27. The Labute approximate surface area is 126 Å². The van der Waals surface area contributed by atoms with Crippen LogP contribution in [-0.2, 0) is 9.84 Å². The summed E-state index contributed by atoms with van der Waals surface area (Å²) in [5.74, 6) is 1.74. The lowest BCUT2D eigenvalue weighted by Crippen LogP contribution is -2.21. The fraction of sp³-hybridized carbons (Fsp3) is 0.600. The molecule has 0 fully saturated rings. The summed E-state index contributed by atoms with van der Waals surface area (Å²) in [5, 5.41) is 3.35.